The third kappa shape index (κ3) is 1.76. The van der Waals surface area contributed by atoms with Crippen LogP contribution in [-0.4, -0.2) is 29.4 Å². The van der Waals surface area contributed by atoms with Gasteiger partial charge in [0.2, 0.25) is 0 Å². The molecule has 6 heteroatoms. The number of fused-ring (bicyclic) bond motifs is 1. The summed E-state index contributed by atoms with van der Waals surface area (Å²) in [6.45, 7) is -0.331. The molecule has 0 bridgehead atoms. The van der Waals surface area contributed by atoms with Gasteiger partial charge in [-0.1, -0.05) is 6.07 Å². The van der Waals surface area contributed by atoms with Gasteiger partial charge in [0, 0.05) is 0 Å². The summed E-state index contributed by atoms with van der Waals surface area (Å²) in [5, 5.41) is 11.7. The molecule has 2 N–H and O–H groups in total. The van der Waals surface area contributed by atoms with Crippen LogP contribution in [0.1, 0.15) is 18.4 Å². The average molecular weight is 261 g/mol. The minimum Gasteiger partial charge on any atom is -0.483 e. The number of ketones is 1. The number of aliphatic carboxylic acids is 1. The van der Waals surface area contributed by atoms with Crippen LogP contribution in [0, 0.1) is 0 Å². The highest BCUT2D eigenvalue weighted by Gasteiger charge is 2.52. The summed E-state index contributed by atoms with van der Waals surface area (Å²) < 4.78 is 5.25. The number of nitrogens with one attached hydrogen (secondary N) is 1. The lowest BCUT2D eigenvalue weighted by Crippen LogP contribution is -2.24. The van der Waals surface area contributed by atoms with E-state index in [2.05, 4.69) is 5.32 Å². The van der Waals surface area contributed by atoms with Crippen molar-refractivity contribution in [2.75, 3.05) is 11.9 Å². The number of benzene rings is 1. The van der Waals surface area contributed by atoms with Gasteiger partial charge in [0.25, 0.3) is 11.7 Å². The number of carboxylic acids is 1. The first-order chi connectivity index (χ1) is 9.03. The fourth-order valence-corrected chi connectivity index (χ4v) is 2.19. The van der Waals surface area contributed by atoms with E-state index in [-0.39, 0.29) is 6.61 Å². The van der Waals surface area contributed by atoms with Crippen LogP contribution < -0.4 is 10.1 Å². The lowest BCUT2D eigenvalue weighted by molar-refractivity contribution is -0.140. The Bertz CT molecular complexity index is 603. The molecule has 1 aliphatic heterocycles. The van der Waals surface area contributed by atoms with Crippen molar-refractivity contribution in [3.05, 3.63) is 23.8 Å². The van der Waals surface area contributed by atoms with Crippen LogP contribution in [0.3, 0.4) is 0 Å². The maximum absolute atomic E-state index is 11.3. The molecule has 0 unspecified atom stereocenters. The molecule has 0 aromatic heterocycles. The van der Waals surface area contributed by atoms with Gasteiger partial charge < -0.3 is 15.2 Å². The second-order valence-corrected chi connectivity index (χ2v) is 4.76. The Balaban J connectivity index is 1.99. The second kappa shape index (κ2) is 3.81. The van der Waals surface area contributed by atoms with E-state index in [4.69, 9.17) is 4.74 Å². The third-order valence-corrected chi connectivity index (χ3v) is 3.55. The van der Waals surface area contributed by atoms with Crippen molar-refractivity contribution in [1.82, 2.24) is 0 Å². The number of hydrogen-bond donors (Lipinski definition) is 2. The van der Waals surface area contributed by atoms with Crippen LogP contribution in [0.4, 0.5) is 5.69 Å². The maximum atomic E-state index is 11.3. The molecule has 1 amide bonds. The zero-order valence-corrected chi connectivity index (χ0v) is 9.93. The Morgan fingerprint density at radius 1 is 1.32 bits per heavy atom. The molecule has 1 aromatic rings. The average Bonchev–Trinajstić information content (AvgIpc) is 3.18. The van der Waals surface area contributed by atoms with Crippen molar-refractivity contribution in [3.8, 4) is 5.75 Å². The predicted molar refractivity (Wildman–Crippen MR) is 64.1 cm³/mol. The van der Waals surface area contributed by atoms with Gasteiger partial charge in [-0.2, -0.15) is 0 Å². The van der Waals surface area contributed by atoms with Crippen molar-refractivity contribution in [1.29, 1.82) is 0 Å². The highest BCUT2D eigenvalue weighted by atomic mass is 16.5. The van der Waals surface area contributed by atoms with Crippen LogP contribution in [0.25, 0.3) is 0 Å². The van der Waals surface area contributed by atoms with Crippen LogP contribution in [0.5, 0.6) is 5.75 Å². The Kier molecular flexibility index (Phi) is 2.35. The highest BCUT2D eigenvalue weighted by Crippen LogP contribution is 2.49. The summed E-state index contributed by atoms with van der Waals surface area (Å²) in [5.41, 5.74) is 0.196. The number of anilines is 1. The number of amides is 1. The number of carbonyl (C=O) groups excluding carboxylic acids is 2. The molecule has 1 aliphatic carbocycles. The van der Waals surface area contributed by atoms with E-state index >= 15 is 0 Å². The van der Waals surface area contributed by atoms with E-state index < -0.39 is 23.1 Å². The highest BCUT2D eigenvalue weighted by molar-refractivity contribution is 6.41. The van der Waals surface area contributed by atoms with Gasteiger partial charge in [-0.25, -0.2) is 0 Å². The first kappa shape index (κ1) is 11.7. The lowest BCUT2D eigenvalue weighted by atomic mass is 9.95. The maximum Gasteiger partial charge on any atom is 0.314 e. The molecule has 1 fully saturated rings. The minimum atomic E-state index is -0.860. The first-order valence-corrected chi connectivity index (χ1v) is 5.88. The van der Waals surface area contributed by atoms with Gasteiger partial charge in [0.05, 0.1) is 11.1 Å². The van der Waals surface area contributed by atoms with E-state index in [9.17, 15) is 19.5 Å². The zero-order valence-electron chi connectivity index (χ0n) is 9.93. The predicted octanol–water partition coefficient (Wildman–Crippen LogP) is 0.703. The normalized spacial score (nSPS) is 19.8. The molecular formula is C13H11NO5. The number of hydrogen-bond acceptors (Lipinski definition) is 4. The minimum absolute atomic E-state index is 0.331. The molecule has 98 valence electrons. The summed E-state index contributed by atoms with van der Waals surface area (Å²) in [4.78, 5) is 33.9. The number of carboxylic acid groups (broad SMARTS) is 1. The topological polar surface area (TPSA) is 92.7 Å². The Morgan fingerprint density at radius 3 is 2.68 bits per heavy atom. The van der Waals surface area contributed by atoms with Gasteiger partial charge in [0.15, 0.2) is 6.61 Å². The van der Waals surface area contributed by atoms with Crippen LogP contribution in [-0.2, 0) is 19.8 Å². The molecule has 19 heavy (non-hydrogen) atoms. The summed E-state index contributed by atoms with van der Waals surface area (Å²) in [6, 6.07) is 4.82. The van der Waals surface area contributed by atoms with E-state index in [1.165, 1.54) is 0 Å². The van der Waals surface area contributed by atoms with Gasteiger partial charge in [-0.05, 0) is 30.5 Å². The van der Waals surface area contributed by atoms with Crippen LogP contribution in [0.15, 0.2) is 18.2 Å². The van der Waals surface area contributed by atoms with Crippen molar-refractivity contribution in [3.63, 3.8) is 0 Å². The largest absolute Gasteiger partial charge is 0.483 e. The van der Waals surface area contributed by atoms with Crippen molar-refractivity contribution in [2.24, 2.45) is 0 Å². The van der Waals surface area contributed by atoms with Crippen molar-refractivity contribution >= 4 is 23.3 Å². The molecule has 6 nitrogen and oxygen atoms in total. The first-order valence-electron chi connectivity index (χ1n) is 5.88. The van der Waals surface area contributed by atoms with Crippen LogP contribution >= 0.6 is 0 Å². The molecule has 0 radical (unpaired) electrons. The Hall–Kier alpha value is -2.37. The number of ether oxygens (including phenoxy) is 1. The quantitative estimate of drug-likeness (QED) is 0.764. The monoisotopic (exact) mass is 261 g/mol. The van der Waals surface area contributed by atoms with Gasteiger partial charge in [-0.3, -0.25) is 14.4 Å². The second-order valence-electron chi connectivity index (χ2n) is 4.76. The number of carbonyl (C=O) groups is 3. The van der Waals surface area contributed by atoms with Crippen molar-refractivity contribution < 1.29 is 24.2 Å². The fraction of sp³-hybridized carbons (Fsp3) is 0.308. The molecule has 2 aliphatic rings. The summed E-state index contributed by atoms with van der Waals surface area (Å²) >= 11 is 0. The molecule has 0 spiro atoms. The Labute approximate surface area is 108 Å². The summed E-state index contributed by atoms with van der Waals surface area (Å²) in [7, 11) is 0. The van der Waals surface area contributed by atoms with Gasteiger partial charge in [-0.15, -0.1) is 0 Å². The van der Waals surface area contributed by atoms with Gasteiger partial charge in [0.1, 0.15) is 5.75 Å². The summed E-state index contributed by atoms with van der Waals surface area (Å²) in [5.74, 6) is -1.90. The van der Waals surface area contributed by atoms with E-state index in [0.29, 0.717) is 29.8 Å². The molecule has 0 saturated heterocycles. The smallest absolute Gasteiger partial charge is 0.314 e. The molecular weight excluding hydrogens is 250 g/mol. The van der Waals surface area contributed by atoms with E-state index in [0.717, 1.165) is 0 Å². The zero-order chi connectivity index (χ0) is 13.6. The number of rotatable bonds is 2. The van der Waals surface area contributed by atoms with Crippen molar-refractivity contribution in [2.45, 2.75) is 18.3 Å². The summed E-state index contributed by atoms with van der Waals surface area (Å²) in [6.07, 6.45) is 1.18. The van der Waals surface area contributed by atoms with E-state index in [1.807, 2.05) is 0 Å². The van der Waals surface area contributed by atoms with Gasteiger partial charge >= 0.3 is 5.97 Å². The SMILES string of the molecule is O=C1COc2cc(C3(C(=O)O)CC3)ccc2NC1=O. The molecule has 0 atom stereocenters. The van der Waals surface area contributed by atoms with Crippen LogP contribution in [0.2, 0.25) is 0 Å². The number of Topliss-reactive ketones (excluding diaryl/α,β-unsaturated/α-hetero) is 1. The molecule has 1 heterocycles. The standard InChI is InChI=1S/C13H11NO5/c15-9-6-19-10-5-7(13(3-4-13)12(17)18)1-2-8(10)14-11(9)16/h1-2,5H,3-4,6H2,(H,14,16)(H,17,18). The molecule has 3 rings (SSSR count). The molecule has 1 saturated carbocycles. The molecule has 1 aromatic carbocycles. The Morgan fingerprint density at radius 2 is 2.05 bits per heavy atom. The third-order valence-electron chi connectivity index (χ3n) is 3.55. The lowest BCUT2D eigenvalue weighted by Gasteiger charge is -2.13. The van der Waals surface area contributed by atoms with E-state index in [1.54, 1.807) is 18.2 Å². The fourth-order valence-electron chi connectivity index (χ4n) is 2.19.